The maximum Gasteiger partial charge on any atom is 0.348 e. The van der Waals surface area contributed by atoms with Crippen LogP contribution in [0.3, 0.4) is 0 Å². The summed E-state index contributed by atoms with van der Waals surface area (Å²) in [6.45, 7) is 7.85. The van der Waals surface area contributed by atoms with Gasteiger partial charge in [0.05, 0.1) is 0 Å². The molecule has 4 nitrogen and oxygen atoms in total. The van der Waals surface area contributed by atoms with Crippen LogP contribution in [0.4, 0.5) is 0 Å². The van der Waals surface area contributed by atoms with E-state index in [1.165, 1.54) is 24.2 Å². The number of esters is 1. The van der Waals surface area contributed by atoms with Crippen molar-refractivity contribution in [2.75, 3.05) is 6.61 Å². The molecule has 0 bridgehead atoms. The molecule has 0 atom stereocenters. The molecule has 0 N–H and O–H groups in total. The maximum absolute atomic E-state index is 12.5. The van der Waals surface area contributed by atoms with Gasteiger partial charge >= 0.3 is 5.97 Å². The first-order valence-corrected chi connectivity index (χ1v) is 9.22. The van der Waals surface area contributed by atoms with Crippen molar-refractivity contribution in [2.24, 2.45) is 0 Å². The summed E-state index contributed by atoms with van der Waals surface area (Å²) in [6, 6.07) is 4.32. The van der Waals surface area contributed by atoms with Crippen molar-refractivity contribution in [1.29, 1.82) is 0 Å². The van der Waals surface area contributed by atoms with Crippen LogP contribution in [-0.2, 0) is 11.2 Å². The lowest BCUT2D eigenvalue weighted by atomic mass is 10.1. The van der Waals surface area contributed by atoms with E-state index in [1.54, 1.807) is 0 Å². The van der Waals surface area contributed by atoms with Gasteiger partial charge in [0.1, 0.15) is 4.88 Å². The Hall–Kier alpha value is -1.88. The highest BCUT2D eigenvalue weighted by Gasteiger charge is 2.28. The van der Waals surface area contributed by atoms with Crippen LogP contribution in [0.15, 0.2) is 12.1 Å². The third-order valence-corrected chi connectivity index (χ3v) is 5.71. The summed E-state index contributed by atoms with van der Waals surface area (Å²) in [6.07, 6.45) is 3.24. The van der Waals surface area contributed by atoms with Crippen molar-refractivity contribution in [3.63, 3.8) is 0 Å². The number of thiophene rings is 1. The fraction of sp³-hybridized carbons (Fsp3) is 0.474. The average molecular weight is 345 g/mol. The van der Waals surface area contributed by atoms with E-state index in [4.69, 9.17) is 4.74 Å². The van der Waals surface area contributed by atoms with Gasteiger partial charge in [0.25, 0.3) is 0 Å². The van der Waals surface area contributed by atoms with Gasteiger partial charge in [0, 0.05) is 27.9 Å². The van der Waals surface area contributed by atoms with E-state index in [0.29, 0.717) is 16.5 Å². The third-order valence-electron chi connectivity index (χ3n) is 4.63. The van der Waals surface area contributed by atoms with Gasteiger partial charge in [0.2, 0.25) is 5.78 Å². The van der Waals surface area contributed by atoms with Crippen LogP contribution in [0.5, 0.6) is 0 Å². The highest BCUT2D eigenvalue weighted by atomic mass is 32.1. The monoisotopic (exact) mass is 345 g/mol. The van der Waals surface area contributed by atoms with Gasteiger partial charge in [-0.25, -0.2) is 4.79 Å². The van der Waals surface area contributed by atoms with Crippen molar-refractivity contribution in [1.82, 2.24) is 4.57 Å². The van der Waals surface area contributed by atoms with Crippen LogP contribution in [-0.4, -0.2) is 22.9 Å². The quantitative estimate of drug-likeness (QED) is 0.575. The molecule has 0 aliphatic heterocycles. The smallest absolute Gasteiger partial charge is 0.348 e. The number of carbonyl (C=O) groups is 2. The Bertz CT molecular complexity index is 796. The molecule has 128 valence electrons. The van der Waals surface area contributed by atoms with Gasteiger partial charge in [-0.15, -0.1) is 11.3 Å². The summed E-state index contributed by atoms with van der Waals surface area (Å²) in [5, 5.41) is 0. The molecule has 5 heteroatoms. The molecule has 0 aromatic carbocycles. The van der Waals surface area contributed by atoms with Gasteiger partial charge in [-0.2, -0.15) is 0 Å². The number of carbonyl (C=O) groups excluding carboxylic acids is 2. The van der Waals surface area contributed by atoms with Crippen LogP contribution in [0.25, 0.3) is 0 Å². The predicted molar refractivity (Wildman–Crippen MR) is 95.2 cm³/mol. The summed E-state index contributed by atoms with van der Waals surface area (Å²) in [5.74, 6) is -0.542. The molecule has 1 aliphatic carbocycles. The molecule has 0 saturated heterocycles. The average Bonchev–Trinajstić information content (AvgIpc) is 3.24. The van der Waals surface area contributed by atoms with Crippen molar-refractivity contribution in [3.05, 3.63) is 44.4 Å². The molecule has 2 aromatic rings. The summed E-state index contributed by atoms with van der Waals surface area (Å²) >= 11 is 1.43. The number of nitrogens with zero attached hydrogens (tertiary/aromatic N) is 1. The highest BCUT2D eigenvalue weighted by Crippen LogP contribution is 2.38. The highest BCUT2D eigenvalue weighted by molar-refractivity contribution is 7.14. The fourth-order valence-electron chi connectivity index (χ4n) is 3.21. The van der Waals surface area contributed by atoms with Crippen molar-refractivity contribution < 1.29 is 14.3 Å². The molecular weight excluding hydrogens is 322 g/mol. The maximum atomic E-state index is 12.5. The topological polar surface area (TPSA) is 48.3 Å². The van der Waals surface area contributed by atoms with E-state index in [1.807, 2.05) is 32.9 Å². The lowest BCUT2D eigenvalue weighted by Gasteiger charge is -2.07. The summed E-state index contributed by atoms with van der Waals surface area (Å²) in [7, 11) is 0. The van der Waals surface area contributed by atoms with Crippen LogP contribution in [0.1, 0.15) is 67.7 Å². The van der Waals surface area contributed by atoms with Crippen LogP contribution in [0.2, 0.25) is 0 Å². The number of ether oxygens (including phenoxy) is 1. The number of Topliss-reactive ketones (excluding diaryl/α,β-unsaturated/α-hetero) is 1. The summed E-state index contributed by atoms with van der Waals surface area (Å²) in [5.41, 5.74) is 3.91. The van der Waals surface area contributed by atoms with E-state index in [9.17, 15) is 9.59 Å². The molecule has 1 aliphatic rings. The Kier molecular flexibility index (Phi) is 4.63. The second-order valence-electron chi connectivity index (χ2n) is 6.43. The zero-order valence-electron chi connectivity index (χ0n) is 14.6. The first kappa shape index (κ1) is 17.0. The molecule has 24 heavy (non-hydrogen) atoms. The normalized spacial score (nSPS) is 14.0. The van der Waals surface area contributed by atoms with Gasteiger partial charge in [-0.05, 0) is 57.7 Å². The Labute approximate surface area is 146 Å². The number of rotatable bonds is 6. The Balaban J connectivity index is 1.67. The third kappa shape index (κ3) is 3.18. The zero-order valence-corrected chi connectivity index (χ0v) is 15.5. The molecule has 1 fully saturated rings. The summed E-state index contributed by atoms with van der Waals surface area (Å²) in [4.78, 5) is 26.3. The van der Waals surface area contributed by atoms with Crippen molar-refractivity contribution in [2.45, 2.75) is 53.0 Å². The Morgan fingerprint density at radius 3 is 2.54 bits per heavy atom. The Morgan fingerprint density at radius 2 is 1.96 bits per heavy atom. The number of aryl methyl sites for hydroxylation is 3. The number of ketones is 1. The molecule has 0 radical (unpaired) electrons. The first-order valence-electron chi connectivity index (χ1n) is 8.40. The van der Waals surface area contributed by atoms with Crippen LogP contribution in [0, 0.1) is 20.8 Å². The molecule has 3 rings (SSSR count). The number of aromatic nitrogens is 1. The fourth-order valence-corrected chi connectivity index (χ4v) is 4.21. The zero-order chi connectivity index (χ0) is 17.4. The second-order valence-corrected chi connectivity index (χ2v) is 7.69. The largest absolute Gasteiger partial charge is 0.453 e. The van der Waals surface area contributed by atoms with Gasteiger partial charge in [0.15, 0.2) is 6.61 Å². The van der Waals surface area contributed by atoms with Gasteiger partial charge in [-0.1, -0.05) is 6.92 Å². The van der Waals surface area contributed by atoms with Crippen molar-refractivity contribution >= 4 is 23.1 Å². The van der Waals surface area contributed by atoms with E-state index in [-0.39, 0.29) is 12.4 Å². The number of hydrogen-bond acceptors (Lipinski definition) is 4. The van der Waals surface area contributed by atoms with E-state index >= 15 is 0 Å². The molecule has 2 aromatic heterocycles. The lowest BCUT2D eigenvalue weighted by Crippen LogP contribution is -2.14. The Morgan fingerprint density at radius 1 is 1.25 bits per heavy atom. The molecule has 0 amide bonds. The van der Waals surface area contributed by atoms with E-state index in [0.717, 1.165) is 28.2 Å². The minimum Gasteiger partial charge on any atom is -0.453 e. The van der Waals surface area contributed by atoms with Crippen LogP contribution >= 0.6 is 11.3 Å². The van der Waals surface area contributed by atoms with Gasteiger partial charge in [-0.3, -0.25) is 4.79 Å². The molecule has 0 spiro atoms. The lowest BCUT2D eigenvalue weighted by molar-refractivity contribution is 0.0479. The molecule has 0 unspecified atom stereocenters. The SMILES string of the molecule is CCc1cc(C(=O)OCC(=O)c2cc(C)n(C3CC3)c2C)sc1C. The molecule has 2 heterocycles. The summed E-state index contributed by atoms with van der Waals surface area (Å²) < 4.78 is 7.48. The van der Waals surface area contributed by atoms with Crippen molar-refractivity contribution in [3.8, 4) is 0 Å². The second kappa shape index (κ2) is 6.55. The minimum atomic E-state index is -0.410. The first-order chi connectivity index (χ1) is 11.4. The van der Waals surface area contributed by atoms with Crippen LogP contribution < -0.4 is 0 Å². The van der Waals surface area contributed by atoms with E-state index < -0.39 is 5.97 Å². The predicted octanol–water partition coefficient (Wildman–Crippen LogP) is 4.41. The minimum absolute atomic E-state index is 0.132. The van der Waals surface area contributed by atoms with E-state index in [2.05, 4.69) is 11.5 Å². The standard InChI is InChI=1S/C19H23NO3S/c1-5-14-9-18(24-13(14)4)19(22)23-10-17(21)16-8-11(2)20(12(16)3)15-6-7-15/h8-9,15H,5-7,10H2,1-4H3. The van der Waals surface area contributed by atoms with Gasteiger partial charge < -0.3 is 9.30 Å². The number of hydrogen-bond donors (Lipinski definition) is 0. The molecular formula is C19H23NO3S. The molecule has 1 saturated carbocycles.